The largest absolute Gasteiger partial charge is 0.437 e. The van der Waals surface area contributed by atoms with E-state index in [1.807, 2.05) is 21.7 Å². The monoisotopic (exact) mass is 164 g/mol. The van der Waals surface area contributed by atoms with E-state index in [9.17, 15) is 0 Å². The molecule has 0 unspecified atom stereocenters. The topological polar surface area (TPSA) is 29.7 Å². The van der Waals surface area contributed by atoms with E-state index in [0.717, 1.165) is 0 Å². The van der Waals surface area contributed by atoms with E-state index in [1.54, 1.807) is 29.8 Å². The van der Waals surface area contributed by atoms with E-state index >= 15 is 0 Å². The van der Waals surface area contributed by atoms with Crippen molar-refractivity contribution in [1.29, 1.82) is 0 Å². The lowest BCUT2D eigenvalue weighted by Gasteiger charge is -1.84. The van der Waals surface area contributed by atoms with Crippen LogP contribution in [0.3, 0.4) is 0 Å². The Morgan fingerprint density at radius 2 is 2.09 bits per heavy atom. The molecule has 2 aromatic rings. The van der Waals surface area contributed by atoms with Crippen molar-refractivity contribution in [2.75, 3.05) is 0 Å². The Kier molecular flexibility index (Phi) is 1.61. The van der Waals surface area contributed by atoms with Crippen molar-refractivity contribution in [2.45, 2.75) is 0 Å². The summed E-state index contributed by atoms with van der Waals surface area (Å²) in [7, 11) is 0. The van der Waals surface area contributed by atoms with Crippen LogP contribution in [0.4, 0.5) is 0 Å². The van der Waals surface area contributed by atoms with Crippen molar-refractivity contribution >= 4 is 11.3 Å². The molecular weight excluding hydrogens is 158 g/mol. The van der Waals surface area contributed by atoms with Gasteiger partial charge in [0.05, 0.1) is 6.20 Å². The second kappa shape index (κ2) is 2.75. The number of nitrogens with zero attached hydrogens (tertiary/aromatic N) is 3. The lowest BCUT2D eigenvalue weighted by Crippen LogP contribution is -2.29. The van der Waals surface area contributed by atoms with Crippen molar-refractivity contribution in [3.8, 4) is 5.95 Å². The van der Waals surface area contributed by atoms with Gasteiger partial charge in [0.2, 0.25) is 0 Å². The first kappa shape index (κ1) is 6.42. The van der Waals surface area contributed by atoms with E-state index in [-0.39, 0.29) is 0 Å². The number of thiazole rings is 1. The quantitative estimate of drug-likeness (QED) is 0.584. The third kappa shape index (κ3) is 1.25. The van der Waals surface area contributed by atoms with Gasteiger partial charge < -0.3 is 0 Å². The van der Waals surface area contributed by atoms with Crippen molar-refractivity contribution < 1.29 is 4.57 Å². The first-order valence-electron chi connectivity index (χ1n) is 3.18. The first-order chi connectivity index (χ1) is 5.47. The molecule has 0 fully saturated rings. The lowest BCUT2D eigenvalue weighted by molar-refractivity contribution is -0.598. The molecule has 0 aliphatic heterocycles. The number of aromatic nitrogens is 3. The summed E-state index contributed by atoms with van der Waals surface area (Å²) in [5.74, 6) is 0.716. The number of hydrogen-bond donors (Lipinski definition) is 0. The molecule has 0 radical (unpaired) electrons. The molecule has 0 N–H and O–H groups in total. The molecule has 2 aromatic heterocycles. The third-order valence-electron chi connectivity index (χ3n) is 1.26. The van der Waals surface area contributed by atoms with Gasteiger partial charge in [0.1, 0.15) is 17.9 Å². The molecule has 0 aliphatic rings. The second-order valence-corrected chi connectivity index (χ2v) is 2.74. The maximum atomic E-state index is 4.08. The highest BCUT2D eigenvalue weighted by Gasteiger charge is 2.05. The van der Waals surface area contributed by atoms with E-state index in [2.05, 4.69) is 9.97 Å². The van der Waals surface area contributed by atoms with Gasteiger partial charge in [-0.15, -0.1) is 11.3 Å². The summed E-state index contributed by atoms with van der Waals surface area (Å²) >= 11 is 1.62. The molecule has 0 saturated heterocycles. The second-order valence-electron chi connectivity index (χ2n) is 1.98. The average Bonchev–Trinajstić information content (AvgIpc) is 2.58. The molecule has 0 spiro atoms. The minimum Gasteiger partial charge on any atom is -0.196 e. The predicted molar refractivity (Wildman–Crippen MR) is 41.4 cm³/mol. The van der Waals surface area contributed by atoms with Gasteiger partial charge in [0.25, 0.3) is 0 Å². The number of hydrogen-bond acceptors (Lipinski definition) is 3. The molecule has 0 atom stereocenters. The summed E-state index contributed by atoms with van der Waals surface area (Å²) in [6, 6.07) is 1.80. The molecule has 11 heavy (non-hydrogen) atoms. The predicted octanol–water partition coefficient (Wildman–Crippen LogP) is 0.815. The normalized spacial score (nSPS) is 9.82. The van der Waals surface area contributed by atoms with Gasteiger partial charge in [-0.25, -0.2) is 0 Å². The van der Waals surface area contributed by atoms with Gasteiger partial charge in [-0.1, -0.05) is 9.97 Å². The van der Waals surface area contributed by atoms with Gasteiger partial charge in [-0.05, 0) is 0 Å². The van der Waals surface area contributed by atoms with Gasteiger partial charge >= 0.3 is 5.95 Å². The van der Waals surface area contributed by atoms with Crippen LogP contribution in [0.1, 0.15) is 0 Å². The van der Waals surface area contributed by atoms with Crippen LogP contribution in [0.15, 0.2) is 35.5 Å². The fraction of sp³-hybridized carbons (Fsp3) is 0. The minimum atomic E-state index is 0.716. The van der Waals surface area contributed by atoms with Crippen LogP contribution in [0, 0.1) is 0 Å². The molecule has 4 heteroatoms. The molecule has 2 heterocycles. The van der Waals surface area contributed by atoms with Crippen LogP contribution in [0.25, 0.3) is 5.95 Å². The fourth-order valence-corrected chi connectivity index (χ4v) is 1.34. The van der Waals surface area contributed by atoms with Crippen molar-refractivity contribution in [3.63, 3.8) is 0 Å². The smallest absolute Gasteiger partial charge is 0.196 e. The third-order valence-corrected chi connectivity index (χ3v) is 1.89. The van der Waals surface area contributed by atoms with Gasteiger partial charge in [0.15, 0.2) is 0 Å². The average molecular weight is 164 g/mol. The van der Waals surface area contributed by atoms with E-state index in [0.29, 0.717) is 5.95 Å². The Labute approximate surface area is 68.0 Å². The minimum absolute atomic E-state index is 0.716. The lowest BCUT2D eigenvalue weighted by atomic mass is 10.7. The molecule has 2 rings (SSSR count). The summed E-state index contributed by atoms with van der Waals surface area (Å²) in [5.41, 5.74) is 1.95. The molecule has 0 bridgehead atoms. The highest BCUT2D eigenvalue weighted by Crippen LogP contribution is 1.92. The Morgan fingerprint density at radius 1 is 1.27 bits per heavy atom. The Bertz CT molecular complexity index is 317. The number of rotatable bonds is 1. The summed E-state index contributed by atoms with van der Waals surface area (Å²) in [4.78, 5) is 8.16. The fourth-order valence-electron chi connectivity index (χ4n) is 0.775. The zero-order chi connectivity index (χ0) is 7.52. The zero-order valence-corrected chi connectivity index (χ0v) is 6.53. The molecule has 0 aromatic carbocycles. The SMILES string of the molecule is c1cnc(-[n+]2ccsc2)nc1. The van der Waals surface area contributed by atoms with E-state index in [4.69, 9.17) is 0 Å². The Morgan fingerprint density at radius 3 is 2.73 bits per heavy atom. The molecule has 54 valence electrons. The molecule has 3 nitrogen and oxygen atoms in total. The van der Waals surface area contributed by atoms with Crippen LogP contribution in [0.5, 0.6) is 0 Å². The van der Waals surface area contributed by atoms with Crippen LogP contribution in [0.2, 0.25) is 0 Å². The highest BCUT2D eigenvalue weighted by atomic mass is 32.1. The van der Waals surface area contributed by atoms with Gasteiger partial charge in [0, 0.05) is 11.4 Å². The van der Waals surface area contributed by atoms with Crippen LogP contribution in [-0.2, 0) is 0 Å². The van der Waals surface area contributed by atoms with Crippen LogP contribution >= 0.6 is 11.3 Å². The summed E-state index contributed by atoms with van der Waals surface area (Å²) < 4.78 is 1.88. The van der Waals surface area contributed by atoms with Gasteiger partial charge in [-0.2, -0.15) is 4.57 Å². The van der Waals surface area contributed by atoms with Crippen LogP contribution in [-0.4, -0.2) is 9.97 Å². The molecule has 0 amide bonds. The van der Waals surface area contributed by atoms with Crippen LogP contribution < -0.4 is 4.57 Å². The standard InChI is InChI=1S/C7H6N3S/c1-2-8-7(9-3-1)10-4-5-11-6-10/h1-6H/q+1. The maximum absolute atomic E-state index is 4.08. The molecule has 0 saturated carbocycles. The Balaban J connectivity index is 2.46. The summed E-state index contributed by atoms with van der Waals surface area (Å²) in [5, 5.41) is 1.98. The van der Waals surface area contributed by atoms with Crippen molar-refractivity contribution in [3.05, 3.63) is 35.5 Å². The molecule has 0 aliphatic carbocycles. The van der Waals surface area contributed by atoms with E-state index in [1.165, 1.54) is 0 Å². The van der Waals surface area contributed by atoms with E-state index < -0.39 is 0 Å². The van der Waals surface area contributed by atoms with Crippen molar-refractivity contribution in [1.82, 2.24) is 9.97 Å². The first-order valence-corrected chi connectivity index (χ1v) is 4.12. The Hall–Kier alpha value is -1.29. The molecular formula is C7H6N3S+. The summed E-state index contributed by atoms with van der Waals surface area (Å²) in [6.45, 7) is 0. The summed E-state index contributed by atoms with van der Waals surface area (Å²) in [6.07, 6.45) is 5.39. The van der Waals surface area contributed by atoms with Gasteiger partial charge in [-0.3, -0.25) is 0 Å². The maximum Gasteiger partial charge on any atom is 0.437 e. The van der Waals surface area contributed by atoms with Crippen molar-refractivity contribution in [2.24, 2.45) is 0 Å². The zero-order valence-electron chi connectivity index (χ0n) is 5.71. The highest BCUT2D eigenvalue weighted by molar-refractivity contribution is 7.07.